The number of amides is 1. The molecule has 2 N–H and O–H groups in total. The summed E-state index contributed by atoms with van der Waals surface area (Å²) >= 11 is 0. The lowest BCUT2D eigenvalue weighted by molar-refractivity contribution is -0.115. The molecular weight excluding hydrogens is 276 g/mol. The molecule has 0 atom stereocenters. The summed E-state index contributed by atoms with van der Waals surface area (Å²) in [5.74, 6) is 0.738. The van der Waals surface area contributed by atoms with E-state index in [1.165, 1.54) is 5.56 Å². The molecule has 0 spiro atoms. The smallest absolute Gasteiger partial charge is 0.238 e. The molecule has 0 unspecified atom stereocenters. The van der Waals surface area contributed by atoms with E-state index in [-0.39, 0.29) is 5.91 Å². The molecule has 2 rings (SSSR count). The van der Waals surface area contributed by atoms with Gasteiger partial charge in [0.25, 0.3) is 0 Å². The Balaban J connectivity index is 1.61. The van der Waals surface area contributed by atoms with Crippen molar-refractivity contribution >= 4 is 11.6 Å². The molecule has 0 aliphatic carbocycles. The van der Waals surface area contributed by atoms with Crippen LogP contribution in [0.15, 0.2) is 54.6 Å². The first-order valence-electron chi connectivity index (χ1n) is 7.46. The number of hydrogen-bond donors (Lipinski definition) is 2. The van der Waals surface area contributed by atoms with Crippen molar-refractivity contribution in [3.05, 3.63) is 60.2 Å². The molecule has 116 valence electrons. The third kappa shape index (κ3) is 5.58. The third-order valence-corrected chi connectivity index (χ3v) is 3.32. The predicted molar refractivity (Wildman–Crippen MR) is 89.3 cm³/mol. The molecule has 0 radical (unpaired) electrons. The molecular formula is C18H22N2O2. The lowest BCUT2D eigenvalue weighted by Crippen LogP contribution is -2.28. The maximum absolute atomic E-state index is 11.8. The van der Waals surface area contributed by atoms with Crippen molar-refractivity contribution in [2.24, 2.45) is 0 Å². The third-order valence-electron chi connectivity index (χ3n) is 3.32. The highest BCUT2D eigenvalue weighted by Gasteiger charge is 2.02. The van der Waals surface area contributed by atoms with Crippen LogP contribution in [0.1, 0.15) is 12.0 Å². The summed E-state index contributed by atoms with van der Waals surface area (Å²) < 4.78 is 5.08. The number of anilines is 1. The van der Waals surface area contributed by atoms with Crippen LogP contribution in [0.25, 0.3) is 0 Å². The number of hydrogen-bond acceptors (Lipinski definition) is 3. The number of benzene rings is 2. The zero-order valence-electron chi connectivity index (χ0n) is 12.8. The largest absolute Gasteiger partial charge is 0.497 e. The zero-order valence-corrected chi connectivity index (χ0v) is 12.8. The van der Waals surface area contributed by atoms with Crippen molar-refractivity contribution in [3.8, 4) is 5.75 Å². The van der Waals surface area contributed by atoms with Crippen LogP contribution >= 0.6 is 0 Å². The molecule has 1 amide bonds. The second-order valence-corrected chi connectivity index (χ2v) is 5.04. The second kappa shape index (κ2) is 8.85. The average Bonchev–Trinajstić information content (AvgIpc) is 2.56. The maximum Gasteiger partial charge on any atom is 0.238 e. The Labute approximate surface area is 131 Å². The van der Waals surface area contributed by atoms with E-state index in [9.17, 15) is 4.79 Å². The maximum atomic E-state index is 11.8. The Kier molecular flexibility index (Phi) is 6.45. The highest BCUT2D eigenvalue weighted by Crippen LogP contribution is 2.14. The van der Waals surface area contributed by atoms with Gasteiger partial charge in [0.2, 0.25) is 5.91 Å². The fraction of sp³-hybridized carbons (Fsp3) is 0.278. The Morgan fingerprint density at radius 3 is 2.45 bits per heavy atom. The van der Waals surface area contributed by atoms with Crippen LogP contribution in [0.5, 0.6) is 5.75 Å². The van der Waals surface area contributed by atoms with Gasteiger partial charge in [-0.15, -0.1) is 0 Å². The van der Waals surface area contributed by atoms with Crippen molar-refractivity contribution in [2.45, 2.75) is 12.8 Å². The van der Waals surface area contributed by atoms with E-state index in [1.807, 2.05) is 42.5 Å². The van der Waals surface area contributed by atoms with E-state index < -0.39 is 0 Å². The minimum Gasteiger partial charge on any atom is -0.497 e. The van der Waals surface area contributed by atoms with Crippen molar-refractivity contribution in [1.82, 2.24) is 5.32 Å². The van der Waals surface area contributed by atoms with Crippen LogP contribution in [0, 0.1) is 0 Å². The van der Waals surface area contributed by atoms with Gasteiger partial charge in [-0.25, -0.2) is 0 Å². The lowest BCUT2D eigenvalue weighted by Gasteiger charge is -2.07. The van der Waals surface area contributed by atoms with Gasteiger partial charge in [0.15, 0.2) is 0 Å². The normalized spacial score (nSPS) is 10.2. The van der Waals surface area contributed by atoms with Crippen LogP contribution < -0.4 is 15.4 Å². The fourth-order valence-corrected chi connectivity index (χ4v) is 2.14. The summed E-state index contributed by atoms with van der Waals surface area (Å²) in [6, 6.07) is 17.7. The first-order chi connectivity index (χ1) is 10.8. The minimum absolute atomic E-state index is 0.0372. The molecule has 2 aromatic carbocycles. The van der Waals surface area contributed by atoms with Gasteiger partial charge in [-0.3, -0.25) is 4.79 Å². The van der Waals surface area contributed by atoms with E-state index in [0.717, 1.165) is 30.8 Å². The Morgan fingerprint density at radius 2 is 1.77 bits per heavy atom. The highest BCUT2D eigenvalue weighted by atomic mass is 16.5. The van der Waals surface area contributed by atoms with Gasteiger partial charge in [0.1, 0.15) is 5.75 Å². The average molecular weight is 298 g/mol. The Hall–Kier alpha value is -2.33. The van der Waals surface area contributed by atoms with Crippen LogP contribution in [0.4, 0.5) is 5.69 Å². The Bertz CT molecular complexity index is 567. The monoisotopic (exact) mass is 298 g/mol. The van der Waals surface area contributed by atoms with E-state index in [0.29, 0.717) is 6.54 Å². The number of aryl methyl sites for hydroxylation is 1. The molecule has 0 fully saturated rings. The molecule has 0 aliphatic rings. The van der Waals surface area contributed by atoms with Crippen molar-refractivity contribution in [2.75, 3.05) is 25.5 Å². The minimum atomic E-state index is -0.0372. The Morgan fingerprint density at radius 1 is 1.05 bits per heavy atom. The van der Waals surface area contributed by atoms with Gasteiger partial charge in [-0.05, 0) is 49.2 Å². The molecule has 2 aromatic rings. The van der Waals surface area contributed by atoms with Crippen molar-refractivity contribution < 1.29 is 9.53 Å². The molecule has 0 bridgehead atoms. The standard InChI is InChI=1S/C18H22N2O2/c1-22-17-11-9-16(10-12-17)20-18(21)14-19-13-5-8-15-6-3-2-4-7-15/h2-4,6-7,9-12,19H,5,8,13-14H2,1H3,(H,20,21). The van der Waals surface area contributed by atoms with Crippen LogP contribution in [-0.4, -0.2) is 26.1 Å². The highest BCUT2D eigenvalue weighted by molar-refractivity contribution is 5.92. The van der Waals surface area contributed by atoms with Gasteiger partial charge >= 0.3 is 0 Å². The zero-order chi connectivity index (χ0) is 15.6. The number of nitrogens with one attached hydrogen (secondary N) is 2. The van der Waals surface area contributed by atoms with Gasteiger partial charge in [-0.2, -0.15) is 0 Å². The van der Waals surface area contributed by atoms with Crippen LogP contribution in [-0.2, 0) is 11.2 Å². The summed E-state index contributed by atoms with van der Waals surface area (Å²) in [6.45, 7) is 1.14. The number of carbonyl (C=O) groups is 1. The number of carbonyl (C=O) groups excluding carboxylic acids is 1. The van der Waals surface area contributed by atoms with Gasteiger partial charge in [0, 0.05) is 5.69 Å². The predicted octanol–water partition coefficient (Wildman–Crippen LogP) is 2.86. The molecule has 0 saturated carbocycles. The van der Waals surface area contributed by atoms with Crippen LogP contribution in [0.3, 0.4) is 0 Å². The number of rotatable bonds is 8. The van der Waals surface area contributed by atoms with Crippen molar-refractivity contribution in [3.63, 3.8) is 0 Å². The molecule has 4 nitrogen and oxygen atoms in total. The van der Waals surface area contributed by atoms with Crippen molar-refractivity contribution in [1.29, 1.82) is 0 Å². The topological polar surface area (TPSA) is 50.4 Å². The van der Waals surface area contributed by atoms with Gasteiger partial charge in [0.05, 0.1) is 13.7 Å². The van der Waals surface area contributed by atoms with E-state index in [1.54, 1.807) is 7.11 Å². The lowest BCUT2D eigenvalue weighted by atomic mass is 10.1. The summed E-state index contributed by atoms with van der Waals surface area (Å²) in [5.41, 5.74) is 2.10. The molecule has 0 aliphatic heterocycles. The number of methoxy groups -OCH3 is 1. The quantitative estimate of drug-likeness (QED) is 0.737. The van der Waals surface area contributed by atoms with Gasteiger partial charge in [-0.1, -0.05) is 30.3 Å². The SMILES string of the molecule is COc1ccc(NC(=O)CNCCCc2ccccc2)cc1. The summed E-state index contributed by atoms with van der Waals surface area (Å²) in [5, 5.41) is 6.01. The van der Waals surface area contributed by atoms with E-state index >= 15 is 0 Å². The second-order valence-electron chi connectivity index (χ2n) is 5.04. The van der Waals surface area contributed by atoms with E-state index in [4.69, 9.17) is 4.74 Å². The summed E-state index contributed by atoms with van der Waals surface area (Å²) in [6.07, 6.45) is 2.04. The van der Waals surface area contributed by atoms with Crippen LogP contribution in [0.2, 0.25) is 0 Å². The molecule has 4 heteroatoms. The molecule has 0 aromatic heterocycles. The first-order valence-corrected chi connectivity index (χ1v) is 7.46. The number of ether oxygens (including phenoxy) is 1. The fourth-order valence-electron chi connectivity index (χ4n) is 2.14. The molecule has 0 saturated heterocycles. The van der Waals surface area contributed by atoms with Gasteiger partial charge < -0.3 is 15.4 Å². The molecule has 0 heterocycles. The first kappa shape index (κ1) is 16.0. The summed E-state index contributed by atoms with van der Waals surface area (Å²) in [7, 11) is 1.62. The van der Waals surface area contributed by atoms with E-state index in [2.05, 4.69) is 22.8 Å². The summed E-state index contributed by atoms with van der Waals surface area (Å²) in [4.78, 5) is 11.8. The molecule has 22 heavy (non-hydrogen) atoms.